The number of rotatable bonds is 3. The van der Waals surface area contributed by atoms with E-state index in [9.17, 15) is 0 Å². The van der Waals surface area contributed by atoms with Crippen molar-refractivity contribution < 1.29 is 0 Å². The number of anilines is 1. The van der Waals surface area contributed by atoms with Crippen LogP contribution in [-0.4, -0.2) is 9.97 Å². The minimum Gasteiger partial charge on any atom is -0.378 e. The second kappa shape index (κ2) is 5.61. The lowest BCUT2D eigenvalue weighted by Crippen LogP contribution is -2.03. The van der Waals surface area contributed by atoms with E-state index in [0.29, 0.717) is 12.1 Å². The molecule has 0 unspecified atom stereocenters. The van der Waals surface area contributed by atoms with Crippen LogP contribution < -0.4 is 5.32 Å². The minimum absolute atomic E-state index is 0.619. The zero-order valence-electron chi connectivity index (χ0n) is 9.81. The van der Waals surface area contributed by atoms with Crippen molar-refractivity contribution in [2.45, 2.75) is 13.5 Å². The average molecular weight is 303 g/mol. The molecule has 1 aromatic carbocycles. The third kappa shape index (κ3) is 3.05. The molecule has 0 radical (unpaired) electrons. The highest BCUT2D eigenvalue weighted by Gasteiger charge is 2.02. The summed E-state index contributed by atoms with van der Waals surface area (Å²) in [6.07, 6.45) is 1.74. The Bertz CT molecular complexity index is 604. The fourth-order valence-corrected chi connectivity index (χ4v) is 2.04. The van der Waals surface area contributed by atoms with Crippen molar-refractivity contribution >= 4 is 21.6 Å². The summed E-state index contributed by atoms with van der Waals surface area (Å²) in [4.78, 5) is 8.36. The van der Waals surface area contributed by atoms with Gasteiger partial charge in [-0.25, -0.2) is 9.97 Å². The molecule has 1 aromatic heterocycles. The van der Waals surface area contributed by atoms with E-state index in [1.54, 1.807) is 18.3 Å². The van der Waals surface area contributed by atoms with Gasteiger partial charge >= 0.3 is 0 Å². The molecule has 0 amide bonds. The van der Waals surface area contributed by atoms with Crippen LogP contribution in [0.2, 0.25) is 0 Å². The first kappa shape index (κ1) is 12.5. The van der Waals surface area contributed by atoms with E-state index >= 15 is 0 Å². The quantitative estimate of drug-likeness (QED) is 0.946. The molecule has 1 N–H and O–H groups in total. The van der Waals surface area contributed by atoms with Crippen LogP contribution in [0.5, 0.6) is 0 Å². The molecule has 5 heteroatoms. The second-order valence-electron chi connectivity index (χ2n) is 3.76. The SMILES string of the molecule is Cc1nccc(CNc2ccc(C#N)cc2Br)n1. The lowest BCUT2D eigenvalue weighted by Gasteiger charge is -2.08. The molecular formula is C13H11BrN4. The van der Waals surface area contributed by atoms with Crippen LogP contribution >= 0.6 is 15.9 Å². The van der Waals surface area contributed by atoms with Gasteiger partial charge in [-0.2, -0.15) is 5.26 Å². The van der Waals surface area contributed by atoms with Gasteiger partial charge in [0.2, 0.25) is 0 Å². The maximum atomic E-state index is 8.78. The lowest BCUT2D eigenvalue weighted by molar-refractivity contribution is 0.955. The summed E-state index contributed by atoms with van der Waals surface area (Å²) in [6.45, 7) is 2.48. The van der Waals surface area contributed by atoms with Crippen molar-refractivity contribution in [3.63, 3.8) is 0 Å². The number of nitrogens with one attached hydrogen (secondary N) is 1. The molecule has 2 aromatic rings. The second-order valence-corrected chi connectivity index (χ2v) is 4.61. The van der Waals surface area contributed by atoms with Crippen LogP contribution in [0, 0.1) is 18.3 Å². The Labute approximate surface area is 114 Å². The van der Waals surface area contributed by atoms with E-state index in [1.165, 1.54) is 0 Å². The van der Waals surface area contributed by atoms with E-state index < -0.39 is 0 Å². The van der Waals surface area contributed by atoms with Gasteiger partial charge in [0.05, 0.1) is 23.9 Å². The van der Waals surface area contributed by atoms with Crippen molar-refractivity contribution in [2.24, 2.45) is 0 Å². The van der Waals surface area contributed by atoms with Crippen LogP contribution in [0.25, 0.3) is 0 Å². The van der Waals surface area contributed by atoms with Crippen molar-refractivity contribution in [2.75, 3.05) is 5.32 Å². The first-order valence-electron chi connectivity index (χ1n) is 5.41. The van der Waals surface area contributed by atoms with Crippen molar-refractivity contribution in [3.8, 4) is 6.07 Å². The average Bonchev–Trinajstić information content (AvgIpc) is 2.37. The first-order chi connectivity index (χ1) is 8.69. The van der Waals surface area contributed by atoms with Crippen LogP contribution in [-0.2, 0) is 6.54 Å². The van der Waals surface area contributed by atoms with E-state index in [0.717, 1.165) is 21.7 Å². The molecule has 4 nitrogen and oxygen atoms in total. The minimum atomic E-state index is 0.619. The van der Waals surface area contributed by atoms with Crippen LogP contribution in [0.4, 0.5) is 5.69 Å². The number of halogens is 1. The molecule has 0 aliphatic carbocycles. The largest absolute Gasteiger partial charge is 0.378 e. The van der Waals surface area contributed by atoms with Gasteiger partial charge in [0.1, 0.15) is 5.82 Å². The van der Waals surface area contributed by atoms with Gasteiger partial charge < -0.3 is 5.32 Å². The van der Waals surface area contributed by atoms with E-state index in [4.69, 9.17) is 5.26 Å². The van der Waals surface area contributed by atoms with Crippen LogP contribution in [0.3, 0.4) is 0 Å². The highest BCUT2D eigenvalue weighted by molar-refractivity contribution is 9.10. The first-order valence-corrected chi connectivity index (χ1v) is 6.20. The van der Waals surface area contributed by atoms with Gasteiger partial charge in [-0.15, -0.1) is 0 Å². The Morgan fingerprint density at radius 2 is 2.22 bits per heavy atom. The number of hydrogen-bond acceptors (Lipinski definition) is 4. The normalized spacial score (nSPS) is 9.83. The highest BCUT2D eigenvalue weighted by atomic mass is 79.9. The van der Waals surface area contributed by atoms with Gasteiger partial charge in [0, 0.05) is 16.4 Å². The summed E-state index contributed by atoms with van der Waals surface area (Å²) in [5.74, 6) is 0.758. The number of aryl methyl sites for hydroxylation is 1. The molecule has 0 atom stereocenters. The Morgan fingerprint density at radius 3 is 2.89 bits per heavy atom. The lowest BCUT2D eigenvalue weighted by atomic mass is 10.2. The summed E-state index contributed by atoms with van der Waals surface area (Å²) >= 11 is 3.43. The predicted octanol–water partition coefficient (Wildman–Crippen LogP) is 3.03. The topological polar surface area (TPSA) is 61.6 Å². The molecule has 0 fully saturated rings. The number of nitrogens with zero attached hydrogens (tertiary/aromatic N) is 3. The standard InChI is InChI=1S/C13H11BrN4/c1-9-16-5-4-11(18-9)8-17-13-3-2-10(7-15)6-12(13)14/h2-6,17H,8H2,1H3. The predicted molar refractivity (Wildman–Crippen MR) is 73.0 cm³/mol. The number of aromatic nitrogens is 2. The summed E-state index contributed by atoms with van der Waals surface area (Å²) in [7, 11) is 0. The Kier molecular flexibility index (Phi) is 3.90. The monoisotopic (exact) mass is 302 g/mol. The summed E-state index contributed by atoms with van der Waals surface area (Å²) in [5.41, 5.74) is 2.49. The molecule has 0 bridgehead atoms. The van der Waals surface area contributed by atoms with Crippen LogP contribution in [0.1, 0.15) is 17.1 Å². The van der Waals surface area contributed by atoms with Gasteiger partial charge in [-0.1, -0.05) is 0 Å². The smallest absolute Gasteiger partial charge is 0.125 e. The molecule has 0 spiro atoms. The van der Waals surface area contributed by atoms with Crippen molar-refractivity contribution in [3.05, 3.63) is 52.0 Å². The van der Waals surface area contributed by atoms with Gasteiger partial charge in [-0.3, -0.25) is 0 Å². The van der Waals surface area contributed by atoms with E-state index in [2.05, 4.69) is 37.3 Å². The summed E-state index contributed by atoms with van der Waals surface area (Å²) in [6, 6.07) is 9.40. The van der Waals surface area contributed by atoms with Crippen LogP contribution in [0.15, 0.2) is 34.9 Å². The van der Waals surface area contributed by atoms with Crippen molar-refractivity contribution in [1.29, 1.82) is 5.26 Å². The Hall–Kier alpha value is -1.93. The fraction of sp³-hybridized carbons (Fsp3) is 0.154. The van der Waals surface area contributed by atoms with Gasteiger partial charge in [-0.05, 0) is 47.1 Å². The van der Waals surface area contributed by atoms with E-state index in [1.807, 2.05) is 19.1 Å². The fourth-order valence-electron chi connectivity index (χ4n) is 1.52. The van der Waals surface area contributed by atoms with Gasteiger partial charge in [0.15, 0.2) is 0 Å². The molecule has 0 saturated heterocycles. The molecule has 0 saturated carbocycles. The molecule has 0 aliphatic heterocycles. The third-order valence-corrected chi connectivity index (χ3v) is 3.05. The zero-order chi connectivity index (χ0) is 13.0. The summed E-state index contributed by atoms with van der Waals surface area (Å²) in [5, 5.41) is 12.0. The molecule has 0 aliphatic rings. The highest BCUT2D eigenvalue weighted by Crippen LogP contribution is 2.23. The molecule has 18 heavy (non-hydrogen) atoms. The molecular weight excluding hydrogens is 292 g/mol. The summed E-state index contributed by atoms with van der Waals surface area (Å²) < 4.78 is 0.868. The third-order valence-electron chi connectivity index (χ3n) is 2.39. The molecule has 90 valence electrons. The maximum absolute atomic E-state index is 8.78. The maximum Gasteiger partial charge on any atom is 0.125 e. The zero-order valence-corrected chi connectivity index (χ0v) is 11.4. The number of benzene rings is 1. The number of nitriles is 1. The van der Waals surface area contributed by atoms with E-state index in [-0.39, 0.29) is 0 Å². The Morgan fingerprint density at radius 1 is 1.39 bits per heavy atom. The van der Waals surface area contributed by atoms with Gasteiger partial charge in [0.25, 0.3) is 0 Å². The Balaban J connectivity index is 2.09. The molecule has 2 rings (SSSR count). The van der Waals surface area contributed by atoms with Crippen molar-refractivity contribution in [1.82, 2.24) is 9.97 Å². The molecule has 1 heterocycles. The number of hydrogen-bond donors (Lipinski definition) is 1.